The highest BCUT2D eigenvalue weighted by atomic mass is 79.9. The van der Waals surface area contributed by atoms with Gasteiger partial charge in [0.2, 0.25) is 10.0 Å². The molecule has 0 bridgehead atoms. The Hall–Kier alpha value is -0.400. The van der Waals surface area contributed by atoms with E-state index in [-0.39, 0.29) is 6.54 Å². The van der Waals surface area contributed by atoms with Gasteiger partial charge >= 0.3 is 0 Å². The Bertz CT molecular complexity index is 698. The smallest absolute Gasteiger partial charge is 0.207 e. The first-order chi connectivity index (χ1) is 8.88. The maximum Gasteiger partial charge on any atom is 0.242 e. The summed E-state index contributed by atoms with van der Waals surface area (Å²) < 4.78 is 27.7. The molecule has 7 heteroatoms. The molecule has 102 valence electrons. The molecule has 0 saturated carbocycles. The molecule has 19 heavy (non-hydrogen) atoms. The zero-order valence-corrected chi connectivity index (χ0v) is 14.0. The van der Waals surface area contributed by atoms with Gasteiger partial charge in [-0.15, -0.1) is 11.3 Å². The minimum absolute atomic E-state index is 0.218. The molecule has 2 aromatic rings. The van der Waals surface area contributed by atoms with E-state index in [1.165, 1.54) is 11.3 Å². The van der Waals surface area contributed by atoms with Crippen LogP contribution in [0.4, 0.5) is 0 Å². The molecule has 0 aliphatic rings. The van der Waals surface area contributed by atoms with Crippen molar-refractivity contribution in [2.45, 2.75) is 18.4 Å². The summed E-state index contributed by atoms with van der Waals surface area (Å²) in [4.78, 5) is 1.07. The summed E-state index contributed by atoms with van der Waals surface area (Å²) >= 11 is 10.5. The summed E-state index contributed by atoms with van der Waals surface area (Å²) in [6.07, 6.45) is 0. The standard InChI is InChI=1S/C12H11BrClNO2S2/c1-8-11(6-12(13)18-8)19(16,17)15-7-9-3-2-4-10(14)5-9/h2-6,15H,7H2,1H3. The van der Waals surface area contributed by atoms with Gasteiger partial charge in [0, 0.05) is 16.4 Å². The molecular formula is C12H11BrClNO2S2. The van der Waals surface area contributed by atoms with Crippen molar-refractivity contribution >= 4 is 48.9 Å². The molecule has 0 fully saturated rings. The number of hydrogen-bond donors (Lipinski definition) is 1. The van der Waals surface area contributed by atoms with E-state index in [1.807, 2.05) is 6.07 Å². The molecule has 0 saturated heterocycles. The van der Waals surface area contributed by atoms with Crippen molar-refractivity contribution in [3.8, 4) is 0 Å². The summed E-state index contributed by atoms with van der Waals surface area (Å²) in [6, 6.07) is 8.71. The minimum atomic E-state index is -3.49. The lowest BCUT2D eigenvalue weighted by molar-refractivity contribution is 0.581. The number of hydrogen-bond acceptors (Lipinski definition) is 3. The van der Waals surface area contributed by atoms with Crippen LogP contribution in [0.3, 0.4) is 0 Å². The van der Waals surface area contributed by atoms with Crippen LogP contribution in [0, 0.1) is 6.92 Å². The molecule has 3 nitrogen and oxygen atoms in total. The predicted octanol–water partition coefficient (Wildman–Crippen LogP) is 3.95. The lowest BCUT2D eigenvalue weighted by Gasteiger charge is -2.06. The Kier molecular flexibility index (Phi) is 4.68. The molecular weight excluding hydrogens is 370 g/mol. The van der Waals surface area contributed by atoms with E-state index in [0.717, 1.165) is 14.2 Å². The molecule has 0 atom stereocenters. The largest absolute Gasteiger partial charge is 0.242 e. The number of halogens is 2. The summed E-state index contributed by atoms with van der Waals surface area (Å²) in [7, 11) is -3.49. The second kappa shape index (κ2) is 5.93. The molecule has 1 heterocycles. The SMILES string of the molecule is Cc1sc(Br)cc1S(=O)(=O)NCc1cccc(Cl)c1. The number of aryl methyl sites for hydroxylation is 1. The summed E-state index contributed by atoms with van der Waals surface area (Å²) in [5.41, 5.74) is 0.822. The van der Waals surface area contributed by atoms with Gasteiger partial charge in [0.1, 0.15) is 0 Å². The highest BCUT2D eigenvalue weighted by Crippen LogP contribution is 2.29. The van der Waals surface area contributed by atoms with Crippen LogP contribution in [0.5, 0.6) is 0 Å². The minimum Gasteiger partial charge on any atom is -0.207 e. The molecule has 0 aliphatic carbocycles. The second-order valence-electron chi connectivity index (χ2n) is 3.93. The van der Waals surface area contributed by atoms with E-state index in [1.54, 1.807) is 31.2 Å². The van der Waals surface area contributed by atoms with E-state index in [0.29, 0.717) is 9.92 Å². The first-order valence-corrected chi connectivity index (χ1v) is 8.85. The predicted molar refractivity (Wildman–Crippen MR) is 82.2 cm³/mol. The number of thiophene rings is 1. The van der Waals surface area contributed by atoms with Crippen LogP contribution in [0.2, 0.25) is 5.02 Å². The van der Waals surface area contributed by atoms with Crippen molar-refractivity contribution in [2.24, 2.45) is 0 Å². The van der Waals surface area contributed by atoms with Gasteiger partial charge in [-0.3, -0.25) is 0 Å². The molecule has 1 aromatic carbocycles. The van der Waals surface area contributed by atoms with Crippen molar-refractivity contribution in [3.05, 3.63) is 49.6 Å². The van der Waals surface area contributed by atoms with Gasteiger partial charge in [0.05, 0.1) is 8.68 Å². The zero-order chi connectivity index (χ0) is 14.0. The Labute approximate surface area is 129 Å². The first-order valence-electron chi connectivity index (χ1n) is 5.38. The Morgan fingerprint density at radius 1 is 1.37 bits per heavy atom. The molecule has 0 aliphatic heterocycles. The topological polar surface area (TPSA) is 46.2 Å². The van der Waals surface area contributed by atoms with Crippen LogP contribution < -0.4 is 4.72 Å². The van der Waals surface area contributed by atoms with Crippen LogP contribution in [0.1, 0.15) is 10.4 Å². The van der Waals surface area contributed by atoms with E-state index >= 15 is 0 Å². The van der Waals surface area contributed by atoms with Gasteiger partial charge in [-0.05, 0) is 46.6 Å². The van der Waals surface area contributed by atoms with E-state index in [2.05, 4.69) is 20.7 Å². The highest BCUT2D eigenvalue weighted by Gasteiger charge is 2.19. The summed E-state index contributed by atoms with van der Waals surface area (Å²) in [6.45, 7) is 2.00. The van der Waals surface area contributed by atoms with Gasteiger partial charge < -0.3 is 0 Å². The van der Waals surface area contributed by atoms with Crippen LogP contribution in [0.25, 0.3) is 0 Å². The molecule has 1 N–H and O–H groups in total. The summed E-state index contributed by atoms with van der Waals surface area (Å²) in [5, 5.41) is 0.589. The van der Waals surface area contributed by atoms with Gasteiger partial charge in [0.15, 0.2) is 0 Å². The Balaban J connectivity index is 2.16. The van der Waals surface area contributed by atoms with E-state index < -0.39 is 10.0 Å². The van der Waals surface area contributed by atoms with E-state index in [4.69, 9.17) is 11.6 Å². The van der Waals surface area contributed by atoms with Gasteiger partial charge in [-0.2, -0.15) is 0 Å². The van der Waals surface area contributed by atoms with Gasteiger partial charge in [0.25, 0.3) is 0 Å². The number of nitrogens with one attached hydrogen (secondary N) is 1. The third-order valence-electron chi connectivity index (χ3n) is 2.49. The van der Waals surface area contributed by atoms with Crippen molar-refractivity contribution in [1.29, 1.82) is 0 Å². The molecule has 0 radical (unpaired) electrons. The second-order valence-corrected chi connectivity index (χ2v) is 8.73. The third kappa shape index (κ3) is 3.79. The summed E-state index contributed by atoms with van der Waals surface area (Å²) in [5.74, 6) is 0. The van der Waals surface area contributed by atoms with E-state index in [9.17, 15) is 8.42 Å². The fourth-order valence-corrected chi connectivity index (χ4v) is 5.24. The highest BCUT2D eigenvalue weighted by molar-refractivity contribution is 9.11. The normalized spacial score (nSPS) is 11.7. The van der Waals surface area contributed by atoms with Crippen LogP contribution >= 0.6 is 38.9 Å². The number of sulfonamides is 1. The lowest BCUT2D eigenvalue weighted by Crippen LogP contribution is -2.23. The molecule has 0 unspecified atom stereocenters. The monoisotopic (exact) mass is 379 g/mol. The lowest BCUT2D eigenvalue weighted by atomic mass is 10.2. The average molecular weight is 381 g/mol. The Morgan fingerprint density at radius 2 is 2.11 bits per heavy atom. The van der Waals surface area contributed by atoms with Crippen molar-refractivity contribution in [3.63, 3.8) is 0 Å². The Morgan fingerprint density at radius 3 is 2.68 bits per heavy atom. The van der Waals surface area contributed by atoms with Crippen molar-refractivity contribution in [1.82, 2.24) is 4.72 Å². The third-order valence-corrected chi connectivity index (χ3v) is 5.93. The maximum atomic E-state index is 12.2. The fraction of sp³-hybridized carbons (Fsp3) is 0.167. The van der Waals surface area contributed by atoms with Crippen LogP contribution in [-0.2, 0) is 16.6 Å². The molecule has 0 spiro atoms. The van der Waals surface area contributed by atoms with Crippen molar-refractivity contribution in [2.75, 3.05) is 0 Å². The fourth-order valence-electron chi connectivity index (χ4n) is 1.60. The number of benzene rings is 1. The van der Waals surface area contributed by atoms with Crippen LogP contribution in [-0.4, -0.2) is 8.42 Å². The van der Waals surface area contributed by atoms with Gasteiger partial charge in [-0.1, -0.05) is 23.7 Å². The average Bonchev–Trinajstić information content (AvgIpc) is 2.67. The van der Waals surface area contributed by atoms with Crippen molar-refractivity contribution < 1.29 is 8.42 Å². The molecule has 0 amide bonds. The number of rotatable bonds is 4. The molecule has 1 aromatic heterocycles. The molecule has 2 rings (SSSR count). The quantitative estimate of drug-likeness (QED) is 0.873. The van der Waals surface area contributed by atoms with Crippen LogP contribution in [0.15, 0.2) is 39.0 Å². The zero-order valence-electron chi connectivity index (χ0n) is 9.98. The maximum absolute atomic E-state index is 12.2. The first kappa shape index (κ1) is 15.0. The van der Waals surface area contributed by atoms with Gasteiger partial charge in [-0.25, -0.2) is 13.1 Å².